The third-order valence-electron chi connectivity index (χ3n) is 18.3. The van der Waals surface area contributed by atoms with Gasteiger partial charge in [-0.2, -0.15) is 0 Å². The van der Waals surface area contributed by atoms with Gasteiger partial charge in [-0.25, -0.2) is 0 Å². The summed E-state index contributed by atoms with van der Waals surface area (Å²) < 4.78 is 5.50. The first-order chi connectivity index (χ1) is 41.0. The number of nitrogens with one attached hydrogen (secondary N) is 1. The van der Waals surface area contributed by atoms with E-state index in [0.717, 1.165) is 38.5 Å². The van der Waals surface area contributed by atoms with Crippen molar-refractivity contribution < 1.29 is 24.5 Å². The van der Waals surface area contributed by atoms with Crippen molar-refractivity contribution in [3.05, 3.63) is 12.2 Å². The Morgan fingerprint density at radius 1 is 0.325 bits per heavy atom. The first-order valence-corrected chi connectivity index (χ1v) is 38.4. The minimum atomic E-state index is -0.663. The SMILES string of the molecule is CCCCCCCCCCCCCCCCCCCCCCCC(O)C(CO)NC(=O)CCCCCCCCCCCCCCCCC/C=C\CCCCCCCCCCCCCCOC(=O)CCCCCCCCCCCCCCCC. The molecule has 2 atom stereocenters. The third-order valence-corrected chi connectivity index (χ3v) is 18.3. The maximum Gasteiger partial charge on any atom is 0.305 e. The summed E-state index contributed by atoms with van der Waals surface area (Å²) in [4.78, 5) is 24.6. The van der Waals surface area contributed by atoms with Crippen LogP contribution in [-0.2, 0) is 14.3 Å². The van der Waals surface area contributed by atoms with E-state index in [1.54, 1.807) is 0 Å². The summed E-state index contributed by atoms with van der Waals surface area (Å²) in [5.41, 5.74) is 0. The van der Waals surface area contributed by atoms with Crippen LogP contribution in [-0.4, -0.2) is 47.4 Å². The number of ether oxygens (including phenoxy) is 1. The van der Waals surface area contributed by atoms with E-state index in [0.29, 0.717) is 25.9 Å². The Balaban J connectivity index is 3.35. The third kappa shape index (κ3) is 69.6. The summed E-state index contributed by atoms with van der Waals surface area (Å²) in [6, 6.07) is -0.540. The zero-order valence-corrected chi connectivity index (χ0v) is 56.7. The molecule has 0 bridgehead atoms. The summed E-state index contributed by atoms with van der Waals surface area (Å²) in [5.74, 6) is -0.00625. The van der Waals surface area contributed by atoms with Crippen molar-refractivity contribution in [3.63, 3.8) is 0 Å². The van der Waals surface area contributed by atoms with E-state index in [-0.39, 0.29) is 18.5 Å². The smallest absolute Gasteiger partial charge is 0.305 e. The zero-order valence-electron chi connectivity index (χ0n) is 56.7. The Morgan fingerprint density at radius 3 is 0.855 bits per heavy atom. The number of aliphatic hydroxyl groups excluding tert-OH is 2. The number of aliphatic hydroxyl groups is 2. The molecule has 0 rings (SSSR count). The molecule has 0 aromatic rings. The maximum absolute atomic E-state index is 12.6. The van der Waals surface area contributed by atoms with Crippen LogP contribution in [0.5, 0.6) is 0 Å². The molecule has 2 unspecified atom stereocenters. The molecule has 0 aliphatic heterocycles. The van der Waals surface area contributed by atoms with Crippen molar-refractivity contribution in [2.75, 3.05) is 13.2 Å². The second-order valence-corrected chi connectivity index (χ2v) is 26.7. The fourth-order valence-corrected chi connectivity index (χ4v) is 12.5. The molecule has 0 fully saturated rings. The monoisotopic (exact) mass is 1170 g/mol. The van der Waals surface area contributed by atoms with Gasteiger partial charge < -0.3 is 20.3 Å². The van der Waals surface area contributed by atoms with Crippen molar-refractivity contribution in [3.8, 4) is 0 Å². The average Bonchev–Trinajstić information content (AvgIpc) is 3.48. The van der Waals surface area contributed by atoms with E-state index in [1.165, 1.54) is 372 Å². The van der Waals surface area contributed by atoms with Gasteiger partial charge in [-0.1, -0.05) is 392 Å². The molecular formula is C77H151NO5. The van der Waals surface area contributed by atoms with Crippen LogP contribution in [0.3, 0.4) is 0 Å². The molecule has 0 aliphatic rings. The summed E-state index contributed by atoms with van der Waals surface area (Å²) in [5, 5.41) is 23.4. The van der Waals surface area contributed by atoms with Crippen LogP contribution in [0.15, 0.2) is 12.2 Å². The lowest BCUT2D eigenvalue weighted by Crippen LogP contribution is -2.45. The number of carbonyl (C=O) groups is 2. The molecule has 6 nitrogen and oxygen atoms in total. The number of allylic oxidation sites excluding steroid dienone is 2. The molecule has 494 valence electrons. The van der Waals surface area contributed by atoms with Crippen molar-refractivity contribution in [1.82, 2.24) is 5.32 Å². The van der Waals surface area contributed by atoms with E-state index in [2.05, 4.69) is 31.3 Å². The average molecular weight is 1170 g/mol. The minimum absolute atomic E-state index is 0.0212. The predicted molar refractivity (Wildman–Crippen MR) is 366 cm³/mol. The molecule has 6 heteroatoms. The highest BCUT2D eigenvalue weighted by molar-refractivity contribution is 5.76. The van der Waals surface area contributed by atoms with Gasteiger partial charge in [-0.15, -0.1) is 0 Å². The number of unbranched alkanes of at least 4 members (excludes halogenated alkanes) is 60. The summed E-state index contributed by atoms with van der Waals surface area (Å²) in [6.45, 7) is 5.01. The molecule has 0 aromatic heterocycles. The maximum atomic E-state index is 12.6. The fraction of sp³-hybridized carbons (Fsp3) is 0.948. The first-order valence-electron chi connectivity index (χ1n) is 38.4. The van der Waals surface area contributed by atoms with Crippen LogP contribution >= 0.6 is 0 Å². The molecule has 0 spiro atoms. The standard InChI is InChI=1S/C77H151NO5/c1-3-5-7-9-11-13-15-17-19-20-21-33-36-39-42-45-49-53-57-61-65-69-75(80)74(73-79)78-76(81)70-66-62-58-54-50-46-43-40-37-34-31-29-27-25-23-22-24-26-28-30-32-35-38-41-44-48-52-56-60-64-68-72-83-77(82)71-67-63-59-55-51-47-18-16-14-12-10-8-6-4-2/h24,26,74-75,79-80H,3-23,25,27-73H2,1-2H3,(H,78,81)/b26-24-. The van der Waals surface area contributed by atoms with Gasteiger partial charge in [0.05, 0.1) is 25.4 Å². The van der Waals surface area contributed by atoms with E-state index in [9.17, 15) is 19.8 Å². The van der Waals surface area contributed by atoms with E-state index in [4.69, 9.17) is 4.74 Å². The summed E-state index contributed by atoms with van der Waals surface area (Å²) >= 11 is 0. The quantitative estimate of drug-likeness (QED) is 0.0320. The molecule has 83 heavy (non-hydrogen) atoms. The van der Waals surface area contributed by atoms with Crippen molar-refractivity contribution >= 4 is 11.9 Å². The predicted octanol–water partition coefficient (Wildman–Crippen LogP) is 25.1. The fourth-order valence-electron chi connectivity index (χ4n) is 12.5. The Kier molecular flexibility index (Phi) is 71.8. The largest absolute Gasteiger partial charge is 0.466 e. The molecule has 0 saturated carbocycles. The molecule has 1 amide bonds. The van der Waals surface area contributed by atoms with Crippen LogP contribution in [0, 0.1) is 0 Å². The minimum Gasteiger partial charge on any atom is -0.466 e. The highest BCUT2D eigenvalue weighted by Crippen LogP contribution is 2.20. The number of hydrogen-bond acceptors (Lipinski definition) is 5. The Labute approximate surface area is 520 Å². The number of carbonyl (C=O) groups excluding carboxylic acids is 2. The van der Waals surface area contributed by atoms with Gasteiger partial charge in [0, 0.05) is 12.8 Å². The van der Waals surface area contributed by atoms with Crippen LogP contribution in [0.4, 0.5) is 0 Å². The van der Waals surface area contributed by atoms with Crippen LogP contribution < -0.4 is 5.32 Å². The lowest BCUT2D eigenvalue weighted by Gasteiger charge is -2.22. The highest BCUT2D eigenvalue weighted by atomic mass is 16.5. The van der Waals surface area contributed by atoms with Crippen LogP contribution in [0.2, 0.25) is 0 Å². The number of hydrogen-bond donors (Lipinski definition) is 3. The van der Waals surface area contributed by atoms with Gasteiger partial charge in [0.25, 0.3) is 0 Å². The Morgan fingerprint density at radius 2 is 0.566 bits per heavy atom. The normalized spacial score (nSPS) is 12.5. The molecule has 0 saturated heterocycles. The first kappa shape index (κ1) is 81.6. The van der Waals surface area contributed by atoms with Gasteiger partial charge in [-0.05, 0) is 51.4 Å². The Hall–Kier alpha value is -1.40. The van der Waals surface area contributed by atoms with Crippen molar-refractivity contribution in [2.45, 2.75) is 456 Å². The van der Waals surface area contributed by atoms with E-state index in [1.807, 2.05) is 0 Å². The Bertz CT molecular complexity index is 1260. The molecule has 3 N–H and O–H groups in total. The van der Waals surface area contributed by atoms with E-state index >= 15 is 0 Å². The molecule has 0 aromatic carbocycles. The van der Waals surface area contributed by atoms with E-state index < -0.39 is 12.1 Å². The van der Waals surface area contributed by atoms with Crippen LogP contribution in [0.1, 0.15) is 444 Å². The van der Waals surface area contributed by atoms with Crippen molar-refractivity contribution in [2.24, 2.45) is 0 Å². The van der Waals surface area contributed by atoms with Crippen molar-refractivity contribution in [1.29, 1.82) is 0 Å². The van der Waals surface area contributed by atoms with Gasteiger partial charge in [0.15, 0.2) is 0 Å². The highest BCUT2D eigenvalue weighted by Gasteiger charge is 2.20. The van der Waals surface area contributed by atoms with Gasteiger partial charge >= 0.3 is 5.97 Å². The lowest BCUT2D eigenvalue weighted by molar-refractivity contribution is -0.143. The zero-order chi connectivity index (χ0) is 59.9. The second kappa shape index (κ2) is 73.1. The summed E-state index contributed by atoms with van der Waals surface area (Å²) in [7, 11) is 0. The topological polar surface area (TPSA) is 95.9 Å². The number of esters is 1. The molecule has 0 radical (unpaired) electrons. The van der Waals surface area contributed by atoms with Gasteiger partial charge in [-0.3, -0.25) is 9.59 Å². The lowest BCUT2D eigenvalue weighted by atomic mass is 10.0. The van der Waals surface area contributed by atoms with Gasteiger partial charge in [0.1, 0.15) is 0 Å². The molecule has 0 aliphatic carbocycles. The van der Waals surface area contributed by atoms with Gasteiger partial charge in [0.2, 0.25) is 5.91 Å². The summed E-state index contributed by atoms with van der Waals surface area (Å²) in [6.07, 6.45) is 91.5. The molecule has 0 heterocycles. The molecular weight excluding hydrogens is 1020 g/mol. The number of amides is 1. The second-order valence-electron chi connectivity index (χ2n) is 26.7. The number of rotatable bonds is 73. The van der Waals surface area contributed by atoms with Crippen LogP contribution in [0.25, 0.3) is 0 Å².